The fourth-order valence-corrected chi connectivity index (χ4v) is 4.85. The molecule has 0 radical (unpaired) electrons. The van der Waals surface area contributed by atoms with E-state index in [4.69, 9.17) is 9.97 Å². The van der Waals surface area contributed by atoms with Crippen molar-refractivity contribution in [1.82, 2.24) is 19.1 Å². The van der Waals surface area contributed by atoms with Crippen LogP contribution in [0.15, 0.2) is 122 Å². The van der Waals surface area contributed by atoms with Crippen molar-refractivity contribution in [3.63, 3.8) is 0 Å². The summed E-state index contributed by atoms with van der Waals surface area (Å²) in [6.07, 6.45) is 5.84. The van der Waals surface area contributed by atoms with E-state index in [2.05, 4.69) is 100 Å². The van der Waals surface area contributed by atoms with Gasteiger partial charge in [0.2, 0.25) is 5.95 Å². The van der Waals surface area contributed by atoms with Crippen molar-refractivity contribution in [3.05, 3.63) is 122 Å². The van der Waals surface area contributed by atoms with Crippen LogP contribution in [0.25, 0.3) is 55.5 Å². The Hall–Kier alpha value is -4.70. The standard InChI is InChI=1S/C30H20N4/c1-3-9-21(10-4-1)23-19-31-30(32-20-23)33-16-15-22-17-26-25-13-7-8-14-27(25)34(29(26)18-28(22)33)24-11-5-2-6-12-24/h1-20H. The molecule has 0 bridgehead atoms. The van der Waals surface area contributed by atoms with Gasteiger partial charge in [-0.15, -0.1) is 0 Å². The topological polar surface area (TPSA) is 35.6 Å². The molecule has 0 unspecified atom stereocenters. The number of fused-ring (bicyclic) bond motifs is 4. The lowest BCUT2D eigenvalue weighted by molar-refractivity contribution is 0.964. The predicted octanol–water partition coefficient (Wildman–Crippen LogP) is 7.18. The first-order chi connectivity index (χ1) is 16.9. The van der Waals surface area contributed by atoms with Crippen LogP contribution in [0.3, 0.4) is 0 Å². The van der Waals surface area contributed by atoms with Crippen LogP contribution < -0.4 is 0 Å². The highest BCUT2D eigenvalue weighted by Crippen LogP contribution is 2.35. The van der Waals surface area contributed by atoms with Crippen molar-refractivity contribution in [2.45, 2.75) is 0 Å². The van der Waals surface area contributed by atoms with Crippen molar-refractivity contribution in [3.8, 4) is 22.8 Å². The molecular weight excluding hydrogens is 416 g/mol. The number of aromatic nitrogens is 4. The molecule has 4 nitrogen and oxygen atoms in total. The van der Waals surface area contributed by atoms with E-state index in [1.165, 1.54) is 27.2 Å². The Labute approximate surface area is 196 Å². The monoisotopic (exact) mass is 436 g/mol. The van der Waals surface area contributed by atoms with Gasteiger partial charge in [-0.3, -0.25) is 4.57 Å². The number of hydrogen-bond acceptors (Lipinski definition) is 2. The Balaban J connectivity index is 1.44. The van der Waals surface area contributed by atoms with E-state index in [1.54, 1.807) is 0 Å². The van der Waals surface area contributed by atoms with Gasteiger partial charge in [0, 0.05) is 46.0 Å². The molecule has 0 saturated heterocycles. The van der Waals surface area contributed by atoms with Gasteiger partial charge in [0.15, 0.2) is 0 Å². The van der Waals surface area contributed by atoms with Crippen LogP contribution in [0.4, 0.5) is 0 Å². The maximum atomic E-state index is 4.70. The Morgan fingerprint density at radius 3 is 2.03 bits per heavy atom. The van der Waals surface area contributed by atoms with Gasteiger partial charge in [-0.05, 0) is 42.0 Å². The van der Waals surface area contributed by atoms with Crippen molar-refractivity contribution in [2.24, 2.45) is 0 Å². The first-order valence-corrected chi connectivity index (χ1v) is 11.3. The van der Waals surface area contributed by atoms with E-state index >= 15 is 0 Å². The van der Waals surface area contributed by atoms with E-state index in [1.807, 2.05) is 30.6 Å². The van der Waals surface area contributed by atoms with Gasteiger partial charge in [0.25, 0.3) is 0 Å². The molecule has 0 fully saturated rings. The van der Waals surface area contributed by atoms with Gasteiger partial charge in [-0.2, -0.15) is 0 Å². The molecule has 7 aromatic rings. The Morgan fingerprint density at radius 1 is 0.529 bits per heavy atom. The maximum absolute atomic E-state index is 4.70. The fraction of sp³-hybridized carbons (Fsp3) is 0. The summed E-state index contributed by atoms with van der Waals surface area (Å²) in [4.78, 5) is 9.39. The third-order valence-electron chi connectivity index (χ3n) is 6.46. The first-order valence-electron chi connectivity index (χ1n) is 11.3. The third kappa shape index (κ3) is 2.86. The van der Waals surface area contributed by atoms with Crippen molar-refractivity contribution >= 4 is 32.7 Å². The molecule has 0 aliphatic heterocycles. The normalized spacial score (nSPS) is 11.5. The number of hydrogen-bond donors (Lipinski definition) is 0. The number of benzene rings is 4. The fourth-order valence-electron chi connectivity index (χ4n) is 4.85. The lowest BCUT2D eigenvalue weighted by Crippen LogP contribution is -1.99. The summed E-state index contributed by atoms with van der Waals surface area (Å²) in [5.74, 6) is 0.663. The minimum Gasteiger partial charge on any atom is -0.309 e. The lowest BCUT2D eigenvalue weighted by Gasteiger charge is -2.09. The van der Waals surface area contributed by atoms with Crippen molar-refractivity contribution in [1.29, 1.82) is 0 Å². The molecule has 3 heterocycles. The van der Waals surface area contributed by atoms with E-state index in [9.17, 15) is 0 Å². The molecule has 0 amide bonds. The maximum Gasteiger partial charge on any atom is 0.234 e. The minimum atomic E-state index is 0.663. The van der Waals surface area contributed by atoms with Crippen LogP contribution in [-0.4, -0.2) is 19.1 Å². The molecule has 0 saturated carbocycles. The van der Waals surface area contributed by atoms with Crippen LogP contribution >= 0.6 is 0 Å². The predicted molar refractivity (Wildman–Crippen MR) is 139 cm³/mol. The summed E-state index contributed by atoms with van der Waals surface area (Å²) in [5, 5.41) is 3.66. The van der Waals surface area contributed by atoms with Crippen molar-refractivity contribution in [2.75, 3.05) is 0 Å². The van der Waals surface area contributed by atoms with Gasteiger partial charge in [-0.25, -0.2) is 9.97 Å². The van der Waals surface area contributed by atoms with Gasteiger partial charge in [0.05, 0.1) is 16.6 Å². The zero-order valence-corrected chi connectivity index (χ0v) is 18.3. The molecule has 7 rings (SSSR count). The molecule has 4 aromatic carbocycles. The molecule has 0 atom stereocenters. The summed E-state index contributed by atoms with van der Waals surface area (Å²) in [6, 6.07) is 36.0. The second-order valence-corrected chi connectivity index (χ2v) is 8.44. The van der Waals surface area contributed by atoms with Gasteiger partial charge < -0.3 is 4.57 Å². The molecule has 0 aliphatic rings. The quantitative estimate of drug-likeness (QED) is 0.294. The molecule has 4 heteroatoms. The summed E-state index contributed by atoms with van der Waals surface area (Å²) in [5.41, 5.74) is 6.72. The highest BCUT2D eigenvalue weighted by Gasteiger charge is 2.15. The Kier molecular flexibility index (Phi) is 4.11. The van der Waals surface area contributed by atoms with E-state index in [-0.39, 0.29) is 0 Å². The summed E-state index contributed by atoms with van der Waals surface area (Å²) < 4.78 is 4.40. The van der Waals surface area contributed by atoms with E-state index in [0.29, 0.717) is 5.95 Å². The number of rotatable bonds is 3. The van der Waals surface area contributed by atoms with Crippen LogP contribution in [0.2, 0.25) is 0 Å². The first kappa shape index (κ1) is 18.8. The highest BCUT2D eigenvalue weighted by atomic mass is 15.1. The van der Waals surface area contributed by atoms with Crippen LogP contribution in [0.1, 0.15) is 0 Å². The number of nitrogens with zero attached hydrogens (tertiary/aromatic N) is 4. The van der Waals surface area contributed by atoms with Crippen LogP contribution in [0.5, 0.6) is 0 Å². The second-order valence-electron chi connectivity index (χ2n) is 8.44. The average Bonchev–Trinajstić information content (AvgIpc) is 3.47. The Bertz CT molecular complexity index is 1780. The smallest absolute Gasteiger partial charge is 0.234 e. The average molecular weight is 437 g/mol. The molecule has 0 spiro atoms. The van der Waals surface area contributed by atoms with E-state index in [0.717, 1.165) is 22.3 Å². The largest absolute Gasteiger partial charge is 0.309 e. The minimum absolute atomic E-state index is 0.663. The Morgan fingerprint density at radius 2 is 1.24 bits per heavy atom. The third-order valence-corrected chi connectivity index (χ3v) is 6.46. The number of para-hydroxylation sites is 2. The zero-order chi connectivity index (χ0) is 22.5. The zero-order valence-electron chi connectivity index (χ0n) is 18.3. The molecule has 3 aromatic heterocycles. The summed E-state index contributed by atoms with van der Waals surface area (Å²) in [7, 11) is 0. The van der Waals surface area contributed by atoms with Gasteiger partial charge in [0.1, 0.15) is 0 Å². The van der Waals surface area contributed by atoms with Crippen LogP contribution in [-0.2, 0) is 0 Å². The van der Waals surface area contributed by atoms with E-state index < -0.39 is 0 Å². The second kappa shape index (κ2) is 7.42. The summed E-state index contributed by atoms with van der Waals surface area (Å²) >= 11 is 0. The van der Waals surface area contributed by atoms with Gasteiger partial charge in [-0.1, -0.05) is 66.7 Å². The van der Waals surface area contributed by atoms with Gasteiger partial charge >= 0.3 is 0 Å². The molecule has 160 valence electrons. The molecule has 0 N–H and O–H groups in total. The van der Waals surface area contributed by atoms with Crippen LogP contribution in [0, 0.1) is 0 Å². The molecular formula is C30H20N4. The lowest BCUT2D eigenvalue weighted by atomic mass is 10.1. The van der Waals surface area contributed by atoms with Crippen molar-refractivity contribution < 1.29 is 0 Å². The summed E-state index contributed by atoms with van der Waals surface area (Å²) in [6.45, 7) is 0. The SMILES string of the molecule is c1ccc(-c2cnc(-n3ccc4cc5c6ccccc6n(-c6ccccc6)c5cc43)nc2)cc1. The molecule has 0 aliphatic carbocycles. The molecule has 34 heavy (non-hydrogen) atoms. The highest BCUT2D eigenvalue weighted by molar-refractivity contribution is 6.13.